The van der Waals surface area contributed by atoms with Crippen LogP contribution in [0.3, 0.4) is 0 Å². The van der Waals surface area contributed by atoms with E-state index in [9.17, 15) is 0 Å². The standard InChI is InChI=1S/C16H8S12/c1-2-18-9(17-1)10-21-6-7(22-10)5-8-23-13-14(24-8)28-16(27-13)15-25-11-12(26-15)20-4-3-19-11/h1-2,5-6H,3-4H2. The van der Waals surface area contributed by atoms with Crippen molar-refractivity contribution in [1.82, 2.24) is 0 Å². The molecule has 0 nitrogen and oxygen atoms in total. The Balaban J connectivity index is 1.09. The molecule has 144 valence electrons. The Bertz CT molecular complexity index is 924. The monoisotopic (exact) mass is 584 g/mol. The normalized spacial score (nSPS) is 26.9. The fraction of sp³-hybridized carbons (Fsp3) is 0.125. The average Bonchev–Trinajstić information content (AvgIpc) is 3.47. The first-order valence-electron chi connectivity index (χ1n) is 7.86. The Kier molecular flexibility index (Phi) is 6.98. The van der Waals surface area contributed by atoms with E-state index in [0.29, 0.717) is 0 Å². The van der Waals surface area contributed by atoms with Crippen LogP contribution in [0, 0.1) is 0 Å². The van der Waals surface area contributed by atoms with Gasteiger partial charge in [-0.1, -0.05) is 118 Å². The molecule has 6 heterocycles. The van der Waals surface area contributed by atoms with Gasteiger partial charge >= 0.3 is 0 Å². The van der Waals surface area contributed by atoms with Crippen LogP contribution in [0.5, 0.6) is 0 Å². The van der Waals surface area contributed by atoms with Crippen molar-refractivity contribution in [1.29, 1.82) is 0 Å². The molecule has 28 heavy (non-hydrogen) atoms. The Morgan fingerprint density at radius 1 is 0.536 bits per heavy atom. The summed E-state index contributed by atoms with van der Waals surface area (Å²) in [5.41, 5.74) is 0. The van der Waals surface area contributed by atoms with E-state index in [-0.39, 0.29) is 0 Å². The Labute approximate surface area is 215 Å². The van der Waals surface area contributed by atoms with Gasteiger partial charge in [-0.3, -0.25) is 0 Å². The van der Waals surface area contributed by atoms with E-state index in [1.807, 2.05) is 141 Å². The number of rotatable bonds is 1. The minimum Gasteiger partial charge on any atom is -0.116 e. The second-order valence-corrected chi connectivity index (χ2v) is 19.8. The molecule has 0 N–H and O–H groups in total. The molecule has 0 spiro atoms. The zero-order chi connectivity index (χ0) is 18.5. The number of allylic oxidation sites excluding steroid dienone is 1. The minimum absolute atomic E-state index is 1.26. The van der Waals surface area contributed by atoms with Gasteiger partial charge in [-0.15, -0.1) is 23.5 Å². The smallest absolute Gasteiger partial charge is 0.0718 e. The Morgan fingerprint density at radius 2 is 1.11 bits per heavy atom. The van der Waals surface area contributed by atoms with E-state index >= 15 is 0 Å². The van der Waals surface area contributed by atoms with Crippen molar-refractivity contribution < 1.29 is 0 Å². The lowest BCUT2D eigenvalue weighted by atomic mass is 10.6. The van der Waals surface area contributed by atoms with Gasteiger partial charge in [0.2, 0.25) is 0 Å². The maximum Gasteiger partial charge on any atom is 0.0718 e. The van der Waals surface area contributed by atoms with Crippen molar-refractivity contribution in [2.75, 3.05) is 11.5 Å². The van der Waals surface area contributed by atoms with Crippen molar-refractivity contribution in [3.63, 3.8) is 0 Å². The summed E-state index contributed by atoms with van der Waals surface area (Å²) in [4.78, 5) is 1.37. The minimum atomic E-state index is 1.26. The molecular weight excluding hydrogens is 577 g/mol. The third-order valence-corrected chi connectivity index (χ3v) is 20.3. The van der Waals surface area contributed by atoms with Gasteiger partial charge in [0.25, 0.3) is 0 Å². The molecule has 0 atom stereocenters. The topological polar surface area (TPSA) is 0 Å². The van der Waals surface area contributed by atoms with Gasteiger partial charge in [-0.25, -0.2) is 0 Å². The highest BCUT2D eigenvalue weighted by molar-refractivity contribution is 8.49. The third-order valence-electron chi connectivity index (χ3n) is 3.50. The van der Waals surface area contributed by atoms with Crippen molar-refractivity contribution in [3.8, 4) is 0 Å². The molecule has 12 heteroatoms. The average molecular weight is 585 g/mol. The lowest BCUT2D eigenvalue weighted by Crippen LogP contribution is -1.88. The van der Waals surface area contributed by atoms with Crippen LogP contribution in [-0.4, -0.2) is 11.5 Å². The predicted molar refractivity (Wildman–Crippen MR) is 154 cm³/mol. The summed E-state index contributed by atoms with van der Waals surface area (Å²) < 4.78 is 13.3. The lowest BCUT2D eigenvalue weighted by molar-refractivity contribution is 1.56. The van der Waals surface area contributed by atoms with Crippen LogP contribution in [0.4, 0.5) is 0 Å². The number of hydrogen-bond donors (Lipinski definition) is 0. The van der Waals surface area contributed by atoms with Gasteiger partial charge in [0.15, 0.2) is 0 Å². The molecule has 6 rings (SSSR count). The summed E-state index contributed by atoms with van der Waals surface area (Å²) in [6, 6.07) is 0. The summed E-state index contributed by atoms with van der Waals surface area (Å²) in [6.45, 7) is 0. The Morgan fingerprint density at radius 3 is 1.75 bits per heavy atom. The molecule has 6 aliphatic heterocycles. The highest BCUT2D eigenvalue weighted by atomic mass is 32.3. The highest BCUT2D eigenvalue weighted by Crippen LogP contribution is 2.71. The first kappa shape index (κ1) is 20.9. The predicted octanol–water partition coefficient (Wildman–Crippen LogP) is 10.5. The van der Waals surface area contributed by atoms with E-state index in [1.54, 1.807) is 8.47 Å². The van der Waals surface area contributed by atoms with Gasteiger partial charge < -0.3 is 0 Å². The van der Waals surface area contributed by atoms with Crippen LogP contribution < -0.4 is 0 Å². The maximum atomic E-state index is 2.37. The van der Waals surface area contributed by atoms with Crippen LogP contribution in [0.25, 0.3) is 0 Å². The van der Waals surface area contributed by atoms with Gasteiger partial charge in [-0.05, 0) is 22.3 Å². The van der Waals surface area contributed by atoms with Gasteiger partial charge in [-0.2, -0.15) is 0 Å². The number of hydrogen-bond acceptors (Lipinski definition) is 12. The zero-order valence-corrected chi connectivity index (χ0v) is 23.4. The van der Waals surface area contributed by atoms with Gasteiger partial charge in [0.1, 0.15) is 0 Å². The molecule has 0 amide bonds. The van der Waals surface area contributed by atoms with Gasteiger partial charge in [0.05, 0.1) is 38.1 Å². The summed E-state index contributed by atoms with van der Waals surface area (Å²) in [7, 11) is 0. The Hall–Kier alpha value is 2.38. The second-order valence-electron chi connectivity index (χ2n) is 5.32. The molecule has 0 aromatic carbocycles. The largest absolute Gasteiger partial charge is 0.116 e. The summed E-state index contributed by atoms with van der Waals surface area (Å²) in [5, 5.41) is 6.65. The molecule has 0 aliphatic carbocycles. The van der Waals surface area contributed by atoms with Crippen LogP contribution in [0.15, 0.2) is 65.3 Å². The fourth-order valence-electron chi connectivity index (χ4n) is 2.38. The van der Waals surface area contributed by atoms with Crippen LogP contribution >= 0.6 is 141 Å². The van der Waals surface area contributed by atoms with Crippen LogP contribution in [-0.2, 0) is 0 Å². The van der Waals surface area contributed by atoms with E-state index in [4.69, 9.17) is 0 Å². The van der Waals surface area contributed by atoms with E-state index in [0.717, 1.165) is 0 Å². The van der Waals surface area contributed by atoms with Crippen LogP contribution in [0.2, 0.25) is 0 Å². The highest BCUT2D eigenvalue weighted by Gasteiger charge is 2.35. The molecule has 0 bridgehead atoms. The molecule has 0 saturated heterocycles. The van der Waals surface area contributed by atoms with E-state index in [1.165, 1.54) is 46.1 Å². The molecule has 0 aromatic rings. The molecule has 0 radical (unpaired) electrons. The molecule has 0 aromatic heterocycles. The summed E-state index contributed by atoms with van der Waals surface area (Å²) in [5.74, 6) is 2.51. The molecule has 0 saturated carbocycles. The van der Waals surface area contributed by atoms with Crippen LogP contribution in [0.1, 0.15) is 0 Å². The van der Waals surface area contributed by atoms with E-state index in [2.05, 4.69) is 22.3 Å². The second kappa shape index (κ2) is 9.32. The first-order valence-corrected chi connectivity index (χ1v) is 18.2. The fourth-order valence-corrected chi connectivity index (χ4v) is 19.4. The quantitative estimate of drug-likeness (QED) is 0.288. The third kappa shape index (κ3) is 4.42. The van der Waals surface area contributed by atoms with Crippen molar-refractivity contribution in [3.05, 3.63) is 65.3 Å². The molecular formula is C16H8S12. The number of thioether (sulfide) groups is 12. The maximum absolute atomic E-state index is 2.37. The first-order chi connectivity index (χ1) is 13.8. The van der Waals surface area contributed by atoms with Crippen molar-refractivity contribution in [2.24, 2.45) is 0 Å². The SMILES string of the molecule is C1=CSC(=C2SC=C(C=C3SC4=C(S3)SC(=C3SC5=C(SCCS5)S3)S4)S2)S1. The summed E-state index contributed by atoms with van der Waals surface area (Å²) >= 11 is 23.4. The van der Waals surface area contributed by atoms with Gasteiger partial charge in [0, 0.05) is 16.4 Å². The van der Waals surface area contributed by atoms with Crippen molar-refractivity contribution >= 4 is 141 Å². The lowest BCUT2D eigenvalue weighted by Gasteiger charge is -2.08. The molecule has 6 aliphatic rings. The molecule has 0 fully saturated rings. The van der Waals surface area contributed by atoms with Crippen molar-refractivity contribution in [2.45, 2.75) is 0 Å². The summed E-state index contributed by atoms with van der Waals surface area (Å²) in [6.07, 6.45) is 2.37. The van der Waals surface area contributed by atoms with E-state index < -0.39 is 0 Å². The zero-order valence-electron chi connectivity index (χ0n) is 13.6. The molecule has 0 unspecified atom stereocenters.